The van der Waals surface area contributed by atoms with Crippen LogP contribution in [-0.4, -0.2) is 64.4 Å². The highest BCUT2D eigenvalue weighted by atomic mass is 19.1. The van der Waals surface area contributed by atoms with Gasteiger partial charge in [0.15, 0.2) is 5.41 Å². The topological polar surface area (TPSA) is 121 Å². The molecule has 0 aliphatic carbocycles. The number of urea groups is 1. The lowest BCUT2D eigenvalue weighted by molar-refractivity contribution is -0.194. The van der Waals surface area contributed by atoms with Crippen LogP contribution in [0.1, 0.15) is 32.3 Å². The van der Waals surface area contributed by atoms with Crippen molar-refractivity contribution in [3.8, 4) is 0 Å². The molecule has 0 aromatic heterocycles. The van der Waals surface area contributed by atoms with Crippen molar-refractivity contribution < 1.29 is 38.2 Å². The van der Waals surface area contributed by atoms with Gasteiger partial charge in [-0.25, -0.2) is 9.18 Å². The minimum Gasteiger partial charge on any atom is -0.480 e. The Labute approximate surface area is 172 Å². The molecular formula is C20H23FN2O7. The average molecular weight is 422 g/mol. The standard InChI is InChI=1S/C20H23FN2O7/c1-5-19(6-2,16(26)27)17(28)30-20(11-12-7-9-13(21)10-8-12)14(24)22(3)18(29)23(4)15(20)25/h7-10H,5-6,11H2,1-4H3,(H,26,27). The summed E-state index contributed by atoms with van der Waals surface area (Å²) in [6.45, 7) is 2.94. The monoisotopic (exact) mass is 422 g/mol. The van der Waals surface area contributed by atoms with Crippen molar-refractivity contribution in [1.29, 1.82) is 0 Å². The first-order valence-corrected chi connectivity index (χ1v) is 9.28. The van der Waals surface area contributed by atoms with E-state index in [1.165, 1.54) is 26.0 Å². The zero-order chi connectivity index (χ0) is 22.9. The molecule has 0 spiro atoms. The largest absolute Gasteiger partial charge is 0.480 e. The number of ether oxygens (including phenoxy) is 1. The third-order valence-electron chi connectivity index (χ3n) is 5.51. The fourth-order valence-corrected chi connectivity index (χ4v) is 3.38. The molecule has 10 heteroatoms. The molecule has 1 aromatic carbocycles. The molecule has 1 aliphatic rings. The summed E-state index contributed by atoms with van der Waals surface area (Å²) in [6, 6.07) is 3.87. The van der Waals surface area contributed by atoms with Crippen LogP contribution in [0.4, 0.5) is 9.18 Å². The van der Waals surface area contributed by atoms with E-state index >= 15 is 0 Å². The van der Waals surface area contributed by atoms with Crippen LogP contribution in [0.3, 0.4) is 0 Å². The molecule has 1 fully saturated rings. The van der Waals surface area contributed by atoms with Crippen LogP contribution in [-0.2, 0) is 30.3 Å². The Kier molecular flexibility index (Phi) is 6.29. The number of hydrogen-bond donors (Lipinski definition) is 1. The van der Waals surface area contributed by atoms with Gasteiger partial charge in [-0.15, -0.1) is 0 Å². The predicted molar refractivity (Wildman–Crippen MR) is 101 cm³/mol. The Morgan fingerprint density at radius 2 is 1.50 bits per heavy atom. The molecular weight excluding hydrogens is 399 g/mol. The number of esters is 1. The van der Waals surface area contributed by atoms with E-state index in [0.29, 0.717) is 9.80 Å². The van der Waals surface area contributed by atoms with Gasteiger partial charge in [-0.3, -0.25) is 29.0 Å². The zero-order valence-corrected chi connectivity index (χ0v) is 17.1. The predicted octanol–water partition coefficient (Wildman–Crippen LogP) is 1.59. The van der Waals surface area contributed by atoms with Crippen LogP contribution in [0, 0.1) is 11.2 Å². The maximum atomic E-state index is 13.3. The maximum absolute atomic E-state index is 13.3. The molecule has 9 nitrogen and oxygen atoms in total. The lowest BCUT2D eigenvalue weighted by Gasteiger charge is -2.42. The fourth-order valence-electron chi connectivity index (χ4n) is 3.38. The summed E-state index contributed by atoms with van der Waals surface area (Å²) < 4.78 is 18.7. The Morgan fingerprint density at radius 1 is 1.03 bits per heavy atom. The lowest BCUT2D eigenvalue weighted by Crippen LogP contribution is -2.70. The van der Waals surface area contributed by atoms with E-state index in [9.17, 15) is 33.5 Å². The Hall–Kier alpha value is -3.30. The number of rotatable bonds is 7. The number of likely N-dealkylation sites (N-methyl/N-ethyl adjacent to an activating group) is 2. The highest BCUT2D eigenvalue weighted by molar-refractivity contribution is 6.22. The molecule has 2 rings (SSSR count). The van der Waals surface area contributed by atoms with Gasteiger partial charge < -0.3 is 9.84 Å². The van der Waals surface area contributed by atoms with Gasteiger partial charge in [0.05, 0.1) is 0 Å². The Morgan fingerprint density at radius 3 is 1.90 bits per heavy atom. The SMILES string of the molecule is CCC(CC)(C(=O)O)C(=O)OC1(Cc2ccc(F)cc2)C(=O)N(C)C(=O)N(C)C1=O. The van der Waals surface area contributed by atoms with Gasteiger partial charge in [0.2, 0.25) is 0 Å². The second kappa shape index (κ2) is 8.21. The summed E-state index contributed by atoms with van der Waals surface area (Å²) in [5.74, 6) is -5.50. The molecule has 0 bridgehead atoms. The molecule has 0 atom stereocenters. The molecule has 1 heterocycles. The van der Waals surface area contributed by atoms with Gasteiger partial charge in [0.1, 0.15) is 5.82 Å². The van der Waals surface area contributed by atoms with E-state index < -0.39 is 53.0 Å². The van der Waals surface area contributed by atoms with Gasteiger partial charge in [0.25, 0.3) is 17.4 Å². The normalized spacial score (nSPS) is 16.6. The van der Waals surface area contributed by atoms with Crippen molar-refractivity contribution >= 4 is 29.8 Å². The number of barbiturate groups is 1. The van der Waals surface area contributed by atoms with Crippen LogP contribution < -0.4 is 0 Å². The third kappa shape index (κ3) is 3.53. The van der Waals surface area contributed by atoms with Crippen molar-refractivity contribution in [1.82, 2.24) is 9.80 Å². The van der Waals surface area contributed by atoms with E-state index in [0.717, 1.165) is 26.2 Å². The number of carbonyl (C=O) groups is 5. The summed E-state index contributed by atoms with van der Waals surface area (Å²) in [7, 11) is 2.23. The molecule has 0 unspecified atom stereocenters. The van der Waals surface area contributed by atoms with Crippen LogP contribution in [0.15, 0.2) is 24.3 Å². The Bertz CT molecular complexity index is 869. The van der Waals surface area contributed by atoms with E-state index in [1.54, 1.807) is 0 Å². The van der Waals surface area contributed by atoms with E-state index in [4.69, 9.17) is 4.74 Å². The number of nitrogens with zero attached hydrogens (tertiary/aromatic N) is 2. The summed E-state index contributed by atoms with van der Waals surface area (Å²) in [5.41, 5.74) is -4.21. The second-order valence-electron chi connectivity index (χ2n) is 7.13. The number of aliphatic carboxylic acids is 1. The maximum Gasteiger partial charge on any atom is 0.333 e. The van der Waals surface area contributed by atoms with Crippen LogP contribution in [0.25, 0.3) is 0 Å². The Balaban J connectivity index is 2.61. The fraction of sp³-hybridized carbons (Fsp3) is 0.450. The first-order chi connectivity index (χ1) is 14.0. The van der Waals surface area contributed by atoms with Crippen LogP contribution >= 0.6 is 0 Å². The number of halogens is 1. The number of carboxylic acid groups (broad SMARTS) is 1. The van der Waals surface area contributed by atoms with Crippen molar-refractivity contribution in [3.05, 3.63) is 35.6 Å². The minimum absolute atomic E-state index is 0.142. The number of amides is 4. The highest BCUT2D eigenvalue weighted by Crippen LogP contribution is 2.35. The molecule has 0 radical (unpaired) electrons. The van der Waals surface area contributed by atoms with Gasteiger partial charge >= 0.3 is 18.0 Å². The number of hydrogen-bond acceptors (Lipinski definition) is 6. The number of benzene rings is 1. The molecule has 4 amide bonds. The van der Waals surface area contributed by atoms with E-state index in [1.807, 2.05) is 0 Å². The zero-order valence-electron chi connectivity index (χ0n) is 17.1. The smallest absolute Gasteiger partial charge is 0.333 e. The van der Waals surface area contributed by atoms with Gasteiger partial charge in [0, 0.05) is 20.5 Å². The van der Waals surface area contributed by atoms with Gasteiger partial charge in [-0.1, -0.05) is 26.0 Å². The van der Waals surface area contributed by atoms with E-state index in [2.05, 4.69) is 0 Å². The van der Waals surface area contributed by atoms with Gasteiger partial charge in [-0.2, -0.15) is 0 Å². The highest BCUT2D eigenvalue weighted by Gasteiger charge is 2.61. The molecule has 0 saturated carbocycles. The molecule has 30 heavy (non-hydrogen) atoms. The summed E-state index contributed by atoms with van der Waals surface area (Å²) in [4.78, 5) is 64.3. The molecule has 1 aromatic rings. The second-order valence-corrected chi connectivity index (χ2v) is 7.13. The minimum atomic E-state index is -2.50. The number of carboxylic acids is 1. The summed E-state index contributed by atoms with van der Waals surface area (Å²) >= 11 is 0. The van der Waals surface area contributed by atoms with Crippen LogP contribution in [0.2, 0.25) is 0 Å². The van der Waals surface area contributed by atoms with Crippen molar-refractivity contribution in [2.75, 3.05) is 14.1 Å². The summed E-state index contributed by atoms with van der Waals surface area (Å²) in [6.07, 6.45) is -0.781. The van der Waals surface area contributed by atoms with Crippen molar-refractivity contribution in [2.24, 2.45) is 5.41 Å². The first-order valence-electron chi connectivity index (χ1n) is 9.28. The molecule has 162 valence electrons. The van der Waals surface area contributed by atoms with Crippen molar-refractivity contribution in [3.63, 3.8) is 0 Å². The third-order valence-corrected chi connectivity index (χ3v) is 5.51. The molecule has 1 saturated heterocycles. The first kappa shape index (κ1) is 23.0. The molecule has 1 aliphatic heterocycles. The average Bonchev–Trinajstić information content (AvgIpc) is 2.72. The summed E-state index contributed by atoms with van der Waals surface area (Å²) in [5, 5.41) is 9.62. The van der Waals surface area contributed by atoms with Crippen LogP contribution in [0.5, 0.6) is 0 Å². The lowest BCUT2D eigenvalue weighted by atomic mass is 9.81. The number of carbonyl (C=O) groups excluding carboxylic acids is 4. The van der Waals surface area contributed by atoms with Gasteiger partial charge in [-0.05, 0) is 30.5 Å². The van der Waals surface area contributed by atoms with Crippen molar-refractivity contribution in [2.45, 2.75) is 38.7 Å². The quantitative estimate of drug-likeness (QED) is 0.523. The van der Waals surface area contributed by atoms with E-state index in [-0.39, 0.29) is 18.4 Å². The number of imide groups is 2. The molecule has 1 N–H and O–H groups in total.